The van der Waals surface area contributed by atoms with Gasteiger partial charge in [-0.15, -0.1) is 0 Å². The Morgan fingerprint density at radius 2 is 2.36 bits per heavy atom. The summed E-state index contributed by atoms with van der Waals surface area (Å²) in [6.45, 7) is 0.447. The molecule has 0 aromatic heterocycles. The third-order valence-electron chi connectivity index (χ3n) is 1.34. The molecule has 0 aromatic carbocycles. The number of carbonyl (C=O) groups excluding carboxylic acids is 2. The van der Waals surface area contributed by atoms with Crippen LogP contribution in [-0.4, -0.2) is 31.1 Å². The van der Waals surface area contributed by atoms with Crippen molar-refractivity contribution in [1.29, 1.82) is 0 Å². The number of rotatable bonds is 6. The Morgan fingerprint density at radius 1 is 1.73 bits per heavy atom. The lowest BCUT2D eigenvalue weighted by molar-refractivity contribution is -0.126. The molecule has 0 N–H and O–H groups in total. The van der Waals surface area contributed by atoms with Gasteiger partial charge in [0.2, 0.25) is 0 Å². The van der Waals surface area contributed by atoms with E-state index in [0.29, 0.717) is 19.3 Å². The first kappa shape index (κ1) is 10.8. The van der Waals surface area contributed by atoms with Crippen molar-refractivity contribution >= 4 is 28.0 Å². The van der Waals surface area contributed by atoms with Crippen LogP contribution >= 0.6 is 15.9 Å². The molecule has 0 aromatic rings. The Hall–Kier alpha value is -0.220. The molecule has 0 saturated carbocycles. The summed E-state index contributed by atoms with van der Waals surface area (Å²) in [7, 11) is 1.54. The van der Waals surface area contributed by atoms with Gasteiger partial charge in [0.15, 0.2) is 5.78 Å². The predicted molar refractivity (Wildman–Crippen MR) is 44.8 cm³/mol. The maximum atomic E-state index is 10.9. The smallest absolute Gasteiger partial charge is 0.153 e. The summed E-state index contributed by atoms with van der Waals surface area (Å²) in [5, 5.41) is 0.236. The molecule has 0 radical (unpaired) electrons. The Bertz CT molecular complexity index is 136. The largest absolute Gasteiger partial charge is 0.385 e. The van der Waals surface area contributed by atoms with Crippen LogP contribution in [0, 0.1) is 5.92 Å². The van der Waals surface area contributed by atoms with Gasteiger partial charge < -0.3 is 9.53 Å². The molecule has 3 nitrogen and oxygen atoms in total. The van der Waals surface area contributed by atoms with Crippen LogP contribution in [-0.2, 0) is 14.3 Å². The lowest BCUT2D eigenvalue weighted by Gasteiger charge is -2.04. The first-order chi connectivity index (χ1) is 5.26. The van der Waals surface area contributed by atoms with E-state index in [1.807, 2.05) is 0 Å². The van der Waals surface area contributed by atoms with E-state index in [2.05, 4.69) is 15.9 Å². The molecule has 64 valence electrons. The van der Waals surface area contributed by atoms with Crippen LogP contribution in [0.25, 0.3) is 0 Å². The summed E-state index contributed by atoms with van der Waals surface area (Å²) < 4.78 is 4.74. The molecule has 0 spiro atoms. The molecule has 0 rings (SSSR count). The van der Waals surface area contributed by atoms with Gasteiger partial charge in [-0.25, -0.2) is 0 Å². The van der Waals surface area contributed by atoms with Gasteiger partial charge in [-0.2, -0.15) is 0 Å². The summed E-state index contributed by atoms with van der Waals surface area (Å²) in [5.74, 6) is -0.591. The second-order valence-corrected chi connectivity index (χ2v) is 2.68. The Kier molecular flexibility index (Phi) is 6.36. The van der Waals surface area contributed by atoms with Crippen molar-refractivity contribution in [3.63, 3.8) is 0 Å². The fourth-order valence-electron chi connectivity index (χ4n) is 0.649. The Morgan fingerprint density at radius 3 is 2.73 bits per heavy atom. The number of halogens is 1. The summed E-state index contributed by atoms with van der Waals surface area (Å²) in [6, 6.07) is 0. The number of aldehydes is 1. The van der Waals surface area contributed by atoms with E-state index in [1.165, 1.54) is 0 Å². The molecule has 0 fully saturated rings. The maximum Gasteiger partial charge on any atom is 0.153 e. The van der Waals surface area contributed by atoms with Gasteiger partial charge in [0, 0.05) is 13.7 Å². The zero-order chi connectivity index (χ0) is 8.69. The van der Waals surface area contributed by atoms with Crippen LogP contribution < -0.4 is 0 Å². The number of ether oxygens (including phenoxy) is 1. The van der Waals surface area contributed by atoms with E-state index in [1.54, 1.807) is 7.11 Å². The van der Waals surface area contributed by atoms with Crippen LogP contribution in [0.1, 0.15) is 6.42 Å². The number of ketones is 1. The lowest BCUT2D eigenvalue weighted by atomic mass is 10.0. The molecule has 0 saturated heterocycles. The van der Waals surface area contributed by atoms with E-state index >= 15 is 0 Å². The number of alkyl halides is 1. The third-order valence-corrected chi connectivity index (χ3v) is 1.90. The molecule has 0 aliphatic heterocycles. The minimum atomic E-state index is -0.505. The standard InChI is InChI=1S/C7H11BrO3/c1-11-3-2-6(5-9)7(10)4-8/h5-6H,2-4H2,1H3. The van der Waals surface area contributed by atoms with E-state index in [0.717, 1.165) is 0 Å². The van der Waals surface area contributed by atoms with Gasteiger partial charge in [-0.05, 0) is 6.42 Å². The highest BCUT2D eigenvalue weighted by Gasteiger charge is 2.14. The third kappa shape index (κ3) is 4.27. The number of hydrogen-bond donors (Lipinski definition) is 0. The SMILES string of the molecule is COCCC(C=O)C(=O)CBr. The number of hydrogen-bond acceptors (Lipinski definition) is 3. The molecular weight excluding hydrogens is 212 g/mol. The quantitative estimate of drug-likeness (QED) is 0.380. The minimum absolute atomic E-state index is 0.0861. The van der Waals surface area contributed by atoms with Crippen molar-refractivity contribution < 1.29 is 14.3 Å². The van der Waals surface area contributed by atoms with Crippen molar-refractivity contribution in [2.24, 2.45) is 5.92 Å². The fraction of sp³-hybridized carbons (Fsp3) is 0.714. The monoisotopic (exact) mass is 222 g/mol. The Labute approximate surface area is 74.2 Å². The number of Topliss-reactive ketones (excluding diaryl/α,β-unsaturated/α-hetero) is 1. The minimum Gasteiger partial charge on any atom is -0.385 e. The highest BCUT2D eigenvalue weighted by atomic mass is 79.9. The van der Waals surface area contributed by atoms with Crippen LogP contribution in [0.2, 0.25) is 0 Å². The van der Waals surface area contributed by atoms with E-state index in [-0.39, 0.29) is 11.1 Å². The summed E-state index contributed by atoms with van der Waals surface area (Å²) in [4.78, 5) is 21.2. The highest BCUT2D eigenvalue weighted by molar-refractivity contribution is 9.09. The molecule has 0 aliphatic rings. The van der Waals surface area contributed by atoms with Crippen molar-refractivity contribution in [2.75, 3.05) is 19.0 Å². The Balaban J connectivity index is 3.74. The van der Waals surface area contributed by atoms with Crippen molar-refractivity contribution in [3.8, 4) is 0 Å². The second-order valence-electron chi connectivity index (χ2n) is 2.12. The zero-order valence-corrected chi connectivity index (χ0v) is 7.96. The summed E-state index contributed by atoms with van der Waals surface area (Å²) >= 11 is 3.00. The van der Waals surface area contributed by atoms with Gasteiger partial charge >= 0.3 is 0 Å². The van der Waals surface area contributed by atoms with E-state index < -0.39 is 5.92 Å². The van der Waals surface area contributed by atoms with Crippen molar-refractivity contribution in [2.45, 2.75) is 6.42 Å². The molecule has 0 heterocycles. The van der Waals surface area contributed by atoms with Crippen LogP contribution in [0.3, 0.4) is 0 Å². The average molecular weight is 223 g/mol. The van der Waals surface area contributed by atoms with Gasteiger partial charge in [0.25, 0.3) is 0 Å². The highest BCUT2D eigenvalue weighted by Crippen LogP contribution is 2.03. The molecule has 11 heavy (non-hydrogen) atoms. The van der Waals surface area contributed by atoms with Gasteiger partial charge in [-0.3, -0.25) is 4.79 Å². The van der Waals surface area contributed by atoms with Gasteiger partial charge in [-0.1, -0.05) is 15.9 Å². The predicted octanol–water partition coefficient (Wildman–Crippen LogP) is 0.802. The number of methoxy groups -OCH3 is 1. The maximum absolute atomic E-state index is 10.9. The molecule has 1 unspecified atom stereocenters. The van der Waals surface area contributed by atoms with Crippen LogP contribution in [0.5, 0.6) is 0 Å². The average Bonchev–Trinajstić information content (AvgIpc) is 2.05. The van der Waals surface area contributed by atoms with Crippen molar-refractivity contribution in [3.05, 3.63) is 0 Å². The molecule has 0 bridgehead atoms. The summed E-state index contributed by atoms with van der Waals surface area (Å²) in [6.07, 6.45) is 1.15. The van der Waals surface area contributed by atoms with Crippen LogP contribution in [0.4, 0.5) is 0 Å². The molecule has 1 atom stereocenters. The molecule has 0 amide bonds. The number of carbonyl (C=O) groups is 2. The topological polar surface area (TPSA) is 43.4 Å². The second kappa shape index (κ2) is 6.49. The normalized spacial score (nSPS) is 12.5. The molecule has 0 aliphatic carbocycles. The van der Waals surface area contributed by atoms with Gasteiger partial charge in [0.1, 0.15) is 6.29 Å². The lowest BCUT2D eigenvalue weighted by Crippen LogP contribution is -2.18. The van der Waals surface area contributed by atoms with E-state index in [9.17, 15) is 9.59 Å². The van der Waals surface area contributed by atoms with E-state index in [4.69, 9.17) is 4.74 Å². The molecular formula is C7H11BrO3. The zero-order valence-electron chi connectivity index (χ0n) is 6.38. The molecule has 4 heteroatoms. The first-order valence-electron chi connectivity index (χ1n) is 3.29. The first-order valence-corrected chi connectivity index (χ1v) is 4.41. The van der Waals surface area contributed by atoms with Crippen molar-refractivity contribution in [1.82, 2.24) is 0 Å². The fourth-order valence-corrected chi connectivity index (χ4v) is 1.06. The van der Waals surface area contributed by atoms with Crippen LogP contribution in [0.15, 0.2) is 0 Å². The van der Waals surface area contributed by atoms with Gasteiger partial charge in [0.05, 0.1) is 11.2 Å². The summed E-state index contributed by atoms with van der Waals surface area (Å²) in [5.41, 5.74) is 0.